The number of nitrogens with two attached hydrogens (primary N) is 1. The van der Waals surface area contributed by atoms with Crippen LogP contribution < -0.4 is 15.2 Å². The second kappa shape index (κ2) is 8.15. The van der Waals surface area contributed by atoms with E-state index in [2.05, 4.69) is 26.0 Å². The molecule has 130 valence electrons. The highest BCUT2D eigenvalue weighted by Crippen LogP contribution is 2.33. The number of hydrogen-bond acceptors (Lipinski definition) is 3. The third-order valence-electron chi connectivity index (χ3n) is 4.35. The van der Waals surface area contributed by atoms with Gasteiger partial charge in [0, 0.05) is 11.5 Å². The molecule has 0 aliphatic carbocycles. The van der Waals surface area contributed by atoms with Gasteiger partial charge in [0.2, 0.25) is 0 Å². The van der Waals surface area contributed by atoms with Crippen molar-refractivity contribution >= 4 is 0 Å². The maximum absolute atomic E-state index is 13.7. The first-order valence-corrected chi connectivity index (χ1v) is 8.20. The van der Waals surface area contributed by atoms with E-state index in [0.717, 1.165) is 16.9 Å². The predicted octanol–water partition coefficient (Wildman–Crippen LogP) is 4.25. The summed E-state index contributed by atoms with van der Waals surface area (Å²) in [5.74, 6) is 1.58. The summed E-state index contributed by atoms with van der Waals surface area (Å²) in [5, 5.41) is 0. The van der Waals surface area contributed by atoms with Crippen molar-refractivity contribution in [1.82, 2.24) is 0 Å². The Morgan fingerprint density at radius 2 is 1.67 bits per heavy atom. The molecule has 2 aromatic carbocycles. The van der Waals surface area contributed by atoms with Crippen molar-refractivity contribution in [2.45, 2.75) is 32.1 Å². The van der Waals surface area contributed by atoms with Gasteiger partial charge in [0.15, 0.2) is 0 Å². The van der Waals surface area contributed by atoms with Crippen molar-refractivity contribution in [3.05, 3.63) is 58.9 Å². The van der Waals surface area contributed by atoms with E-state index in [4.69, 9.17) is 15.2 Å². The molecule has 0 aromatic heterocycles. The lowest BCUT2D eigenvalue weighted by molar-refractivity contribution is 0.399. The van der Waals surface area contributed by atoms with Gasteiger partial charge in [-0.1, -0.05) is 26.0 Å². The number of hydrogen-bond donors (Lipinski definition) is 1. The fourth-order valence-corrected chi connectivity index (χ4v) is 2.93. The molecule has 0 saturated heterocycles. The Morgan fingerprint density at radius 1 is 1.00 bits per heavy atom. The van der Waals surface area contributed by atoms with Gasteiger partial charge in [0.1, 0.15) is 17.3 Å². The van der Waals surface area contributed by atoms with Crippen LogP contribution in [0.25, 0.3) is 0 Å². The van der Waals surface area contributed by atoms with Crippen molar-refractivity contribution in [3.63, 3.8) is 0 Å². The molecule has 0 bridgehead atoms. The smallest absolute Gasteiger partial charge is 0.123 e. The molecule has 0 heterocycles. The fraction of sp³-hybridized carbons (Fsp3) is 0.400. The topological polar surface area (TPSA) is 44.5 Å². The van der Waals surface area contributed by atoms with E-state index in [1.54, 1.807) is 20.3 Å². The van der Waals surface area contributed by atoms with Gasteiger partial charge in [-0.25, -0.2) is 4.39 Å². The Labute approximate surface area is 143 Å². The quantitative estimate of drug-likeness (QED) is 0.825. The van der Waals surface area contributed by atoms with Crippen molar-refractivity contribution < 1.29 is 13.9 Å². The summed E-state index contributed by atoms with van der Waals surface area (Å²) < 4.78 is 24.6. The molecule has 0 spiro atoms. The summed E-state index contributed by atoms with van der Waals surface area (Å²) in [6.45, 7) is 4.71. The number of benzene rings is 2. The summed E-state index contributed by atoms with van der Waals surface area (Å²) in [7, 11) is 3.25. The highest BCUT2D eigenvalue weighted by molar-refractivity contribution is 5.42. The molecule has 0 aliphatic heterocycles. The van der Waals surface area contributed by atoms with Crippen LogP contribution in [-0.4, -0.2) is 20.8 Å². The lowest BCUT2D eigenvalue weighted by Gasteiger charge is -2.21. The average molecular weight is 331 g/mol. The third-order valence-corrected chi connectivity index (χ3v) is 4.35. The molecule has 0 radical (unpaired) electrons. The van der Waals surface area contributed by atoms with Crippen LogP contribution in [0.2, 0.25) is 0 Å². The van der Waals surface area contributed by atoms with Gasteiger partial charge < -0.3 is 15.2 Å². The van der Waals surface area contributed by atoms with E-state index in [1.165, 1.54) is 17.7 Å². The highest BCUT2D eigenvalue weighted by atomic mass is 19.1. The zero-order chi connectivity index (χ0) is 17.7. The van der Waals surface area contributed by atoms with Gasteiger partial charge in [-0.2, -0.15) is 0 Å². The van der Waals surface area contributed by atoms with E-state index in [-0.39, 0.29) is 11.7 Å². The van der Waals surface area contributed by atoms with Crippen LogP contribution in [0.15, 0.2) is 36.4 Å². The molecule has 4 heteroatoms. The maximum Gasteiger partial charge on any atom is 0.123 e. The molecule has 2 N–H and O–H groups in total. The summed E-state index contributed by atoms with van der Waals surface area (Å²) in [6, 6.07) is 10.8. The number of rotatable bonds is 7. The number of methoxy groups -OCH3 is 2. The molecule has 3 nitrogen and oxygen atoms in total. The van der Waals surface area contributed by atoms with Crippen LogP contribution >= 0.6 is 0 Å². The van der Waals surface area contributed by atoms with Crippen LogP contribution in [0.5, 0.6) is 11.5 Å². The van der Waals surface area contributed by atoms with Gasteiger partial charge in [-0.3, -0.25) is 0 Å². The summed E-state index contributed by atoms with van der Waals surface area (Å²) >= 11 is 0. The van der Waals surface area contributed by atoms with Crippen LogP contribution in [0, 0.1) is 5.82 Å². The van der Waals surface area contributed by atoms with Crippen molar-refractivity contribution in [1.29, 1.82) is 0 Å². The van der Waals surface area contributed by atoms with Crippen LogP contribution in [0.1, 0.15) is 42.4 Å². The van der Waals surface area contributed by atoms with Crippen LogP contribution in [0.3, 0.4) is 0 Å². The molecule has 0 saturated carbocycles. The molecule has 1 atom stereocenters. The molecule has 0 fully saturated rings. The lowest BCUT2D eigenvalue weighted by Crippen LogP contribution is -2.17. The summed E-state index contributed by atoms with van der Waals surface area (Å²) in [5.41, 5.74) is 9.10. The highest BCUT2D eigenvalue weighted by Gasteiger charge is 2.19. The minimum Gasteiger partial charge on any atom is -0.496 e. The molecular formula is C20H26FNO2. The minimum atomic E-state index is -0.285. The first-order chi connectivity index (χ1) is 11.5. The van der Waals surface area contributed by atoms with E-state index in [1.807, 2.05) is 6.07 Å². The first-order valence-electron chi connectivity index (χ1n) is 8.20. The standard InChI is InChI=1S/C20H26FNO2/c1-13(2)14-5-7-19(23-3)15(9-14)10-16(12-22)18-11-17(21)6-8-20(18)24-4/h5-9,11,13,16H,10,12,22H2,1-4H3. The van der Waals surface area contributed by atoms with Crippen LogP contribution in [0.4, 0.5) is 4.39 Å². The Morgan fingerprint density at radius 3 is 2.25 bits per heavy atom. The van der Waals surface area contributed by atoms with Crippen molar-refractivity contribution in [3.8, 4) is 11.5 Å². The third kappa shape index (κ3) is 4.06. The van der Waals surface area contributed by atoms with E-state index < -0.39 is 0 Å². The van der Waals surface area contributed by atoms with Gasteiger partial charge in [0.05, 0.1) is 14.2 Å². The Balaban J connectivity index is 2.40. The first kappa shape index (κ1) is 18.3. The van der Waals surface area contributed by atoms with Crippen LogP contribution in [-0.2, 0) is 6.42 Å². The Bertz CT molecular complexity index is 685. The van der Waals surface area contributed by atoms with Gasteiger partial charge in [0.25, 0.3) is 0 Å². The van der Waals surface area contributed by atoms with E-state index in [0.29, 0.717) is 24.6 Å². The molecule has 1 unspecified atom stereocenters. The normalized spacial score (nSPS) is 12.3. The van der Waals surface area contributed by atoms with Gasteiger partial charge in [-0.05, 0) is 54.3 Å². The second-order valence-electron chi connectivity index (χ2n) is 6.25. The molecule has 2 aromatic rings. The fourth-order valence-electron chi connectivity index (χ4n) is 2.93. The van der Waals surface area contributed by atoms with Gasteiger partial charge >= 0.3 is 0 Å². The zero-order valence-corrected chi connectivity index (χ0v) is 14.8. The van der Waals surface area contributed by atoms with Gasteiger partial charge in [-0.15, -0.1) is 0 Å². The summed E-state index contributed by atoms with van der Waals surface area (Å²) in [6.07, 6.45) is 0.667. The van der Waals surface area contributed by atoms with E-state index >= 15 is 0 Å². The Kier molecular flexibility index (Phi) is 6.21. The monoisotopic (exact) mass is 331 g/mol. The molecule has 2 rings (SSSR count). The Hall–Kier alpha value is -2.07. The number of ether oxygens (including phenoxy) is 2. The molecule has 24 heavy (non-hydrogen) atoms. The number of halogens is 1. The van der Waals surface area contributed by atoms with Crippen molar-refractivity contribution in [2.24, 2.45) is 5.73 Å². The average Bonchev–Trinajstić information content (AvgIpc) is 2.59. The predicted molar refractivity (Wildman–Crippen MR) is 95.5 cm³/mol. The van der Waals surface area contributed by atoms with E-state index in [9.17, 15) is 4.39 Å². The molecular weight excluding hydrogens is 305 g/mol. The SMILES string of the molecule is COc1ccc(C(C)C)cc1CC(CN)c1cc(F)ccc1OC. The second-order valence-corrected chi connectivity index (χ2v) is 6.25. The molecule has 0 amide bonds. The largest absolute Gasteiger partial charge is 0.496 e. The zero-order valence-electron chi connectivity index (χ0n) is 14.8. The minimum absolute atomic E-state index is 0.0491. The maximum atomic E-state index is 13.7. The molecule has 0 aliphatic rings. The lowest BCUT2D eigenvalue weighted by atomic mass is 9.89. The van der Waals surface area contributed by atoms with Crippen molar-refractivity contribution in [2.75, 3.05) is 20.8 Å². The summed E-state index contributed by atoms with van der Waals surface area (Å²) in [4.78, 5) is 0.